The number of fused-ring (bicyclic) bond motifs is 1. The number of carbonyl (C=O) groups is 2. The van der Waals surface area contributed by atoms with Crippen LogP contribution in [-0.4, -0.2) is 56.0 Å². The number of aryl methyl sites for hydroxylation is 1. The Kier molecular flexibility index (Phi) is 4.60. The molecule has 148 valence electrons. The van der Waals surface area contributed by atoms with Crippen LogP contribution < -0.4 is 5.32 Å². The van der Waals surface area contributed by atoms with E-state index in [0.29, 0.717) is 36.8 Å². The molecular formula is C19H24N6O3. The van der Waals surface area contributed by atoms with Gasteiger partial charge in [-0.1, -0.05) is 19.0 Å². The number of carbonyl (C=O) groups excluding carboxylic acids is 2. The van der Waals surface area contributed by atoms with E-state index in [4.69, 9.17) is 4.52 Å². The molecule has 1 aliphatic heterocycles. The van der Waals surface area contributed by atoms with Crippen molar-refractivity contribution in [2.75, 3.05) is 13.1 Å². The Balaban J connectivity index is 1.56. The van der Waals surface area contributed by atoms with Crippen LogP contribution >= 0.6 is 0 Å². The number of nitrogens with one attached hydrogen (secondary N) is 1. The van der Waals surface area contributed by atoms with E-state index in [1.165, 1.54) is 18.7 Å². The van der Waals surface area contributed by atoms with Crippen molar-refractivity contribution in [1.82, 2.24) is 30.3 Å². The first-order valence-corrected chi connectivity index (χ1v) is 9.54. The number of aromatic nitrogens is 4. The normalized spacial score (nSPS) is 26.5. The Morgan fingerprint density at radius 3 is 2.71 bits per heavy atom. The van der Waals surface area contributed by atoms with Gasteiger partial charge in [0.15, 0.2) is 5.82 Å². The Labute approximate surface area is 162 Å². The smallest absolute Gasteiger partial charge is 0.254 e. The summed E-state index contributed by atoms with van der Waals surface area (Å²) in [5.74, 6) is 1.17. The number of likely N-dealkylation sites (tertiary alicyclic amines) is 1. The minimum Gasteiger partial charge on any atom is -0.349 e. The summed E-state index contributed by atoms with van der Waals surface area (Å²) in [6.07, 6.45) is 5.80. The lowest BCUT2D eigenvalue weighted by molar-refractivity contribution is -0.133. The van der Waals surface area contributed by atoms with E-state index in [9.17, 15) is 9.59 Å². The first-order chi connectivity index (χ1) is 13.4. The fourth-order valence-corrected chi connectivity index (χ4v) is 4.53. The van der Waals surface area contributed by atoms with Crippen molar-refractivity contribution in [1.29, 1.82) is 0 Å². The molecule has 2 aromatic rings. The zero-order valence-corrected chi connectivity index (χ0v) is 16.3. The molecule has 28 heavy (non-hydrogen) atoms. The molecular weight excluding hydrogens is 360 g/mol. The van der Waals surface area contributed by atoms with Crippen LogP contribution in [0.15, 0.2) is 23.2 Å². The number of hydrogen-bond donors (Lipinski definition) is 1. The standard InChI is InChI=1S/C19H24N6O3/c1-11(2)17(27)25-8-14-4-15(23-16(26)13-6-20-10-21-7-13)5-19(14,9-25)18-22-12(3)24-28-18/h6-7,10-11,14-15H,4-5,8-9H2,1-3H3,(H,23,26)/t14?,15-,19+/m1/s1. The fourth-order valence-electron chi connectivity index (χ4n) is 4.53. The van der Waals surface area contributed by atoms with Gasteiger partial charge in [0, 0.05) is 37.4 Å². The number of hydrogen-bond acceptors (Lipinski definition) is 7. The number of amides is 2. The Bertz CT molecular complexity index is 883. The van der Waals surface area contributed by atoms with Gasteiger partial charge in [-0.05, 0) is 25.7 Å². The molecule has 1 N–H and O–H groups in total. The van der Waals surface area contributed by atoms with E-state index in [-0.39, 0.29) is 29.7 Å². The van der Waals surface area contributed by atoms with E-state index in [1.807, 2.05) is 18.7 Å². The monoisotopic (exact) mass is 384 g/mol. The van der Waals surface area contributed by atoms with Gasteiger partial charge in [-0.25, -0.2) is 9.97 Å². The largest absolute Gasteiger partial charge is 0.349 e. The summed E-state index contributed by atoms with van der Waals surface area (Å²) in [5.41, 5.74) is 0.00980. The molecule has 4 rings (SSSR count). The quantitative estimate of drug-likeness (QED) is 0.840. The lowest BCUT2D eigenvalue weighted by Gasteiger charge is -2.26. The first kappa shape index (κ1) is 18.5. The van der Waals surface area contributed by atoms with Crippen LogP contribution in [0.25, 0.3) is 0 Å². The zero-order chi connectivity index (χ0) is 19.9. The van der Waals surface area contributed by atoms with E-state index in [0.717, 1.165) is 6.42 Å². The maximum atomic E-state index is 12.6. The molecule has 0 spiro atoms. The second-order valence-corrected chi connectivity index (χ2v) is 8.11. The van der Waals surface area contributed by atoms with Crippen molar-refractivity contribution < 1.29 is 14.1 Å². The highest BCUT2D eigenvalue weighted by atomic mass is 16.5. The topological polar surface area (TPSA) is 114 Å². The average Bonchev–Trinajstić information content (AvgIpc) is 3.34. The summed E-state index contributed by atoms with van der Waals surface area (Å²) in [6, 6.07) is -0.0405. The Morgan fingerprint density at radius 1 is 1.32 bits per heavy atom. The summed E-state index contributed by atoms with van der Waals surface area (Å²) < 4.78 is 5.55. The van der Waals surface area contributed by atoms with Gasteiger partial charge < -0.3 is 14.7 Å². The molecule has 1 unspecified atom stereocenters. The summed E-state index contributed by atoms with van der Waals surface area (Å²) in [7, 11) is 0. The fraction of sp³-hybridized carbons (Fsp3) is 0.579. The van der Waals surface area contributed by atoms with E-state index >= 15 is 0 Å². The highest BCUT2D eigenvalue weighted by molar-refractivity contribution is 5.93. The molecule has 2 amide bonds. The minimum absolute atomic E-state index is 0.0405. The van der Waals surface area contributed by atoms with Crippen molar-refractivity contribution in [2.24, 2.45) is 11.8 Å². The second-order valence-electron chi connectivity index (χ2n) is 8.11. The molecule has 0 bridgehead atoms. The van der Waals surface area contributed by atoms with Crippen molar-refractivity contribution in [3.05, 3.63) is 36.0 Å². The summed E-state index contributed by atoms with van der Waals surface area (Å²) in [4.78, 5) is 39.3. The third-order valence-electron chi connectivity index (χ3n) is 5.79. The molecule has 9 heteroatoms. The predicted octanol–water partition coefficient (Wildman–Crippen LogP) is 1.11. The first-order valence-electron chi connectivity index (χ1n) is 9.54. The molecule has 1 saturated carbocycles. The van der Waals surface area contributed by atoms with Crippen LogP contribution in [0.5, 0.6) is 0 Å². The minimum atomic E-state index is -0.420. The van der Waals surface area contributed by atoms with Crippen molar-refractivity contribution in [3.8, 4) is 0 Å². The molecule has 1 aliphatic carbocycles. The van der Waals surface area contributed by atoms with Crippen LogP contribution in [-0.2, 0) is 10.2 Å². The molecule has 9 nitrogen and oxygen atoms in total. The van der Waals surface area contributed by atoms with Crippen LogP contribution in [0.1, 0.15) is 48.8 Å². The maximum absolute atomic E-state index is 12.6. The molecule has 2 aliphatic rings. The van der Waals surface area contributed by atoms with E-state index < -0.39 is 5.41 Å². The Morgan fingerprint density at radius 2 is 2.07 bits per heavy atom. The van der Waals surface area contributed by atoms with Crippen molar-refractivity contribution in [2.45, 2.75) is 45.1 Å². The predicted molar refractivity (Wildman–Crippen MR) is 98.1 cm³/mol. The molecule has 3 atom stereocenters. The van der Waals surface area contributed by atoms with Crippen LogP contribution in [0.4, 0.5) is 0 Å². The van der Waals surface area contributed by atoms with Crippen LogP contribution in [0.3, 0.4) is 0 Å². The Hall–Kier alpha value is -2.84. The molecule has 0 aromatic carbocycles. The lowest BCUT2D eigenvalue weighted by Crippen LogP contribution is -2.40. The van der Waals surface area contributed by atoms with Gasteiger partial charge in [-0.2, -0.15) is 4.98 Å². The molecule has 2 aromatic heterocycles. The van der Waals surface area contributed by atoms with Gasteiger partial charge in [0.1, 0.15) is 6.33 Å². The molecule has 3 heterocycles. The summed E-state index contributed by atoms with van der Waals surface area (Å²) in [5, 5.41) is 7.04. The summed E-state index contributed by atoms with van der Waals surface area (Å²) in [6.45, 7) is 6.78. The molecule has 1 saturated heterocycles. The maximum Gasteiger partial charge on any atom is 0.254 e. The SMILES string of the molecule is Cc1noc([C@]23C[C@H](NC(=O)c4cncnc4)CC2CN(C(=O)C(C)C)C3)n1. The number of nitrogens with zero attached hydrogens (tertiary/aromatic N) is 5. The third kappa shape index (κ3) is 3.14. The van der Waals surface area contributed by atoms with Gasteiger partial charge in [-0.3, -0.25) is 9.59 Å². The molecule has 2 fully saturated rings. The zero-order valence-electron chi connectivity index (χ0n) is 16.3. The number of rotatable bonds is 4. The summed E-state index contributed by atoms with van der Waals surface area (Å²) >= 11 is 0. The van der Waals surface area contributed by atoms with Gasteiger partial charge in [0.2, 0.25) is 11.8 Å². The van der Waals surface area contributed by atoms with E-state index in [1.54, 1.807) is 6.92 Å². The average molecular weight is 384 g/mol. The van der Waals surface area contributed by atoms with Crippen molar-refractivity contribution >= 4 is 11.8 Å². The van der Waals surface area contributed by atoms with Gasteiger partial charge in [-0.15, -0.1) is 0 Å². The van der Waals surface area contributed by atoms with E-state index in [2.05, 4.69) is 25.4 Å². The highest BCUT2D eigenvalue weighted by Crippen LogP contribution is 2.50. The van der Waals surface area contributed by atoms with Gasteiger partial charge in [0.05, 0.1) is 11.0 Å². The lowest BCUT2D eigenvalue weighted by atomic mass is 9.80. The third-order valence-corrected chi connectivity index (χ3v) is 5.79. The van der Waals surface area contributed by atoms with Gasteiger partial charge in [0.25, 0.3) is 5.91 Å². The van der Waals surface area contributed by atoms with Crippen LogP contribution in [0, 0.1) is 18.8 Å². The van der Waals surface area contributed by atoms with Crippen molar-refractivity contribution in [3.63, 3.8) is 0 Å². The second kappa shape index (κ2) is 6.96. The highest BCUT2D eigenvalue weighted by Gasteiger charge is 2.58. The van der Waals surface area contributed by atoms with Gasteiger partial charge >= 0.3 is 0 Å². The molecule has 0 radical (unpaired) electrons. The van der Waals surface area contributed by atoms with Crippen LogP contribution in [0.2, 0.25) is 0 Å².